The fourth-order valence-corrected chi connectivity index (χ4v) is 5.28. The molecule has 9 nitrogen and oxygen atoms in total. The Morgan fingerprint density at radius 2 is 1.79 bits per heavy atom. The van der Waals surface area contributed by atoms with E-state index in [2.05, 4.69) is 22.5 Å². The third-order valence-electron chi connectivity index (χ3n) is 7.29. The molecule has 3 heterocycles. The first kappa shape index (κ1) is 22.0. The van der Waals surface area contributed by atoms with Crippen molar-refractivity contribution in [2.24, 2.45) is 0 Å². The van der Waals surface area contributed by atoms with Crippen LogP contribution in [0.5, 0.6) is 0 Å². The number of carbonyl (C=O) groups excluding carboxylic acids is 4. The monoisotopic (exact) mass is 454 g/mol. The van der Waals surface area contributed by atoms with E-state index in [0.717, 1.165) is 50.2 Å². The second kappa shape index (κ2) is 8.87. The van der Waals surface area contributed by atoms with Crippen molar-refractivity contribution >= 4 is 29.3 Å². The maximum Gasteiger partial charge on any atom is 0.264 e. The molecule has 1 atom stereocenters. The Morgan fingerprint density at radius 1 is 1.03 bits per heavy atom. The molecule has 0 radical (unpaired) electrons. The van der Waals surface area contributed by atoms with Gasteiger partial charge in [-0.25, -0.2) is 0 Å². The number of piperidine rings is 2. The number of imide groups is 2. The number of nitrogens with zero attached hydrogens (tertiary/aromatic N) is 2. The number of fused-ring (bicyclic) bond motifs is 1. The number of ether oxygens (including phenoxy) is 1. The molecule has 1 saturated carbocycles. The van der Waals surface area contributed by atoms with Crippen molar-refractivity contribution in [2.75, 3.05) is 25.0 Å². The second-order valence-electron chi connectivity index (χ2n) is 9.38. The molecule has 3 fully saturated rings. The molecule has 0 spiro atoms. The van der Waals surface area contributed by atoms with Gasteiger partial charge in [0.05, 0.1) is 23.3 Å². The van der Waals surface area contributed by atoms with Gasteiger partial charge in [0.1, 0.15) is 6.04 Å². The Morgan fingerprint density at radius 3 is 2.48 bits per heavy atom. The van der Waals surface area contributed by atoms with Crippen LogP contribution in [0.2, 0.25) is 0 Å². The Bertz CT molecular complexity index is 981. The Hall–Kier alpha value is -2.78. The molecule has 5 rings (SSSR count). The smallest absolute Gasteiger partial charge is 0.264 e. The highest BCUT2D eigenvalue weighted by atomic mass is 16.5. The van der Waals surface area contributed by atoms with Crippen molar-refractivity contribution in [1.82, 2.24) is 15.1 Å². The lowest BCUT2D eigenvalue weighted by atomic mass is 9.88. The molecular formula is C24H30N4O5. The van der Waals surface area contributed by atoms with Gasteiger partial charge in [0.15, 0.2) is 0 Å². The van der Waals surface area contributed by atoms with E-state index in [1.807, 2.05) is 0 Å². The van der Waals surface area contributed by atoms with Crippen LogP contribution in [-0.2, 0) is 14.3 Å². The number of likely N-dealkylation sites (tertiary alicyclic amines) is 1. The minimum absolute atomic E-state index is 0.107. The zero-order chi connectivity index (χ0) is 23.1. The molecule has 1 unspecified atom stereocenters. The van der Waals surface area contributed by atoms with E-state index in [4.69, 9.17) is 4.74 Å². The van der Waals surface area contributed by atoms with Gasteiger partial charge < -0.3 is 15.0 Å². The third-order valence-corrected chi connectivity index (χ3v) is 7.29. The lowest BCUT2D eigenvalue weighted by Gasteiger charge is -2.40. The molecule has 0 aromatic heterocycles. The molecule has 3 aliphatic heterocycles. The fraction of sp³-hybridized carbons (Fsp3) is 0.583. The number of benzene rings is 1. The van der Waals surface area contributed by atoms with Crippen molar-refractivity contribution < 1.29 is 23.9 Å². The van der Waals surface area contributed by atoms with Gasteiger partial charge in [-0.1, -0.05) is 13.0 Å². The summed E-state index contributed by atoms with van der Waals surface area (Å²) in [6.45, 7) is 5.45. The molecule has 1 aliphatic carbocycles. The number of hydrogen-bond donors (Lipinski definition) is 2. The molecule has 2 saturated heterocycles. The van der Waals surface area contributed by atoms with E-state index < -0.39 is 23.8 Å². The van der Waals surface area contributed by atoms with E-state index in [1.54, 1.807) is 18.2 Å². The standard InChI is InChI=1S/C24H30N4O5/c1-2-27-10-8-15(9-11-27)33-16-12-14(13-16)25-18-5-3-4-17-21(18)24(32)28(23(17)31)19-6-7-20(29)26-22(19)30/h3-5,14-16,19,25H,2,6-13H2,1H3,(H,26,29,30). The predicted octanol–water partition coefficient (Wildman–Crippen LogP) is 1.53. The summed E-state index contributed by atoms with van der Waals surface area (Å²) in [5.41, 5.74) is 1.22. The molecule has 9 heteroatoms. The van der Waals surface area contributed by atoms with Gasteiger partial charge in [-0.15, -0.1) is 0 Å². The Labute approximate surface area is 192 Å². The van der Waals surface area contributed by atoms with E-state index in [1.165, 1.54) is 0 Å². The van der Waals surface area contributed by atoms with Crippen LogP contribution in [0.1, 0.15) is 66.2 Å². The van der Waals surface area contributed by atoms with Crippen molar-refractivity contribution in [3.8, 4) is 0 Å². The largest absolute Gasteiger partial charge is 0.381 e. The highest BCUT2D eigenvalue weighted by Gasteiger charge is 2.46. The van der Waals surface area contributed by atoms with E-state index in [0.29, 0.717) is 22.9 Å². The molecule has 33 heavy (non-hydrogen) atoms. The Kier molecular flexibility index (Phi) is 5.92. The number of anilines is 1. The minimum Gasteiger partial charge on any atom is -0.381 e. The number of rotatable bonds is 6. The summed E-state index contributed by atoms with van der Waals surface area (Å²) in [6.07, 6.45) is 4.65. The third kappa shape index (κ3) is 4.15. The van der Waals surface area contributed by atoms with Gasteiger partial charge in [-0.3, -0.25) is 29.4 Å². The maximum atomic E-state index is 13.2. The molecular weight excluding hydrogens is 424 g/mol. The van der Waals surface area contributed by atoms with Gasteiger partial charge in [-0.2, -0.15) is 0 Å². The van der Waals surface area contributed by atoms with Crippen LogP contribution in [0.25, 0.3) is 0 Å². The summed E-state index contributed by atoms with van der Waals surface area (Å²) in [4.78, 5) is 53.3. The van der Waals surface area contributed by atoms with Crippen LogP contribution in [0.4, 0.5) is 5.69 Å². The van der Waals surface area contributed by atoms with Crippen LogP contribution < -0.4 is 10.6 Å². The number of hydrogen-bond acceptors (Lipinski definition) is 7. The van der Waals surface area contributed by atoms with Crippen molar-refractivity contribution in [3.05, 3.63) is 29.3 Å². The molecule has 0 bridgehead atoms. The average molecular weight is 455 g/mol. The van der Waals surface area contributed by atoms with E-state index in [9.17, 15) is 19.2 Å². The van der Waals surface area contributed by atoms with Gasteiger partial charge >= 0.3 is 0 Å². The topological polar surface area (TPSA) is 108 Å². The first-order valence-electron chi connectivity index (χ1n) is 11.9. The van der Waals surface area contributed by atoms with Crippen LogP contribution in [0.15, 0.2) is 18.2 Å². The van der Waals surface area contributed by atoms with Crippen LogP contribution >= 0.6 is 0 Å². The number of amides is 4. The first-order valence-corrected chi connectivity index (χ1v) is 11.9. The van der Waals surface area contributed by atoms with Crippen LogP contribution in [-0.4, -0.2) is 77.4 Å². The highest BCUT2D eigenvalue weighted by Crippen LogP contribution is 2.35. The zero-order valence-corrected chi connectivity index (χ0v) is 18.8. The molecule has 4 aliphatic rings. The maximum absolute atomic E-state index is 13.2. The summed E-state index contributed by atoms with van der Waals surface area (Å²) in [6, 6.07) is 4.37. The molecule has 176 valence electrons. The van der Waals surface area contributed by atoms with Crippen molar-refractivity contribution in [1.29, 1.82) is 0 Å². The zero-order valence-electron chi connectivity index (χ0n) is 18.8. The van der Waals surface area contributed by atoms with E-state index in [-0.39, 0.29) is 30.9 Å². The lowest BCUT2D eigenvalue weighted by Crippen LogP contribution is -2.54. The first-order chi connectivity index (χ1) is 15.9. The normalized spacial score (nSPS) is 28.5. The average Bonchev–Trinajstić information content (AvgIpc) is 3.04. The van der Waals surface area contributed by atoms with Crippen molar-refractivity contribution in [3.63, 3.8) is 0 Å². The van der Waals surface area contributed by atoms with Gasteiger partial charge in [0.2, 0.25) is 11.8 Å². The predicted molar refractivity (Wildman–Crippen MR) is 120 cm³/mol. The SMILES string of the molecule is CCN1CCC(OC2CC(Nc3cccc4c3C(=O)N(C3CCC(=O)NC3=O)C4=O)C2)CC1. The minimum atomic E-state index is -0.955. The summed E-state index contributed by atoms with van der Waals surface area (Å²) in [5, 5.41) is 5.64. The highest BCUT2D eigenvalue weighted by molar-refractivity contribution is 6.25. The van der Waals surface area contributed by atoms with Gasteiger partial charge in [0, 0.05) is 31.2 Å². The number of carbonyl (C=O) groups is 4. The molecule has 1 aromatic rings. The molecule has 2 N–H and O–H groups in total. The fourth-order valence-electron chi connectivity index (χ4n) is 5.28. The van der Waals surface area contributed by atoms with E-state index >= 15 is 0 Å². The van der Waals surface area contributed by atoms with Crippen molar-refractivity contribution in [2.45, 2.75) is 69.7 Å². The number of nitrogens with one attached hydrogen (secondary N) is 2. The summed E-state index contributed by atoms with van der Waals surface area (Å²) < 4.78 is 6.27. The lowest BCUT2D eigenvalue weighted by molar-refractivity contribution is -0.136. The van der Waals surface area contributed by atoms with Crippen LogP contribution in [0, 0.1) is 0 Å². The second-order valence-corrected chi connectivity index (χ2v) is 9.38. The van der Waals surface area contributed by atoms with Crippen LogP contribution in [0.3, 0.4) is 0 Å². The Balaban J connectivity index is 1.21. The molecule has 1 aromatic carbocycles. The molecule has 4 amide bonds. The van der Waals surface area contributed by atoms with Gasteiger partial charge in [-0.05, 0) is 50.8 Å². The summed E-state index contributed by atoms with van der Waals surface area (Å²) >= 11 is 0. The van der Waals surface area contributed by atoms with Gasteiger partial charge in [0.25, 0.3) is 11.8 Å². The summed E-state index contributed by atoms with van der Waals surface area (Å²) in [5.74, 6) is -1.95. The quantitative estimate of drug-likeness (QED) is 0.628. The summed E-state index contributed by atoms with van der Waals surface area (Å²) in [7, 11) is 0.